The van der Waals surface area contributed by atoms with Crippen LogP contribution in [0.5, 0.6) is 0 Å². The van der Waals surface area contributed by atoms with Gasteiger partial charge in [0.15, 0.2) is 0 Å². The summed E-state index contributed by atoms with van der Waals surface area (Å²) < 4.78 is 0. The second kappa shape index (κ2) is 4.43. The lowest BCUT2D eigenvalue weighted by Crippen LogP contribution is -2.39. The zero-order chi connectivity index (χ0) is 11.5. The van der Waals surface area contributed by atoms with Crippen molar-refractivity contribution in [2.75, 3.05) is 30.8 Å². The number of nitrogens with zero attached hydrogens (tertiary/aromatic N) is 2. The quantitative estimate of drug-likeness (QED) is 0.734. The summed E-state index contributed by atoms with van der Waals surface area (Å²) in [6, 6.07) is 7.42. The molecule has 1 saturated heterocycles. The lowest BCUT2D eigenvalue weighted by atomic mass is 10.3. The summed E-state index contributed by atoms with van der Waals surface area (Å²) in [7, 11) is 1.80. The van der Waals surface area contributed by atoms with Crippen LogP contribution in [-0.4, -0.2) is 31.1 Å². The normalized spacial score (nSPS) is 15.2. The SMILES string of the molecule is CN(C(=O)N1CCCC1)c1ccc(N)cc1. The van der Waals surface area contributed by atoms with E-state index in [1.165, 1.54) is 0 Å². The summed E-state index contributed by atoms with van der Waals surface area (Å²) in [5.41, 5.74) is 7.21. The molecular formula is C12H17N3O. The maximum atomic E-state index is 12.1. The van der Waals surface area contributed by atoms with Gasteiger partial charge in [-0.25, -0.2) is 4.79 Å². The number of urea groups is 1. The van der Waals surface area contributed by atoms with Crippen molar-refractivity contribution in [3.63, 3.8) is 0 Å². The van der Waals surface area contributed by atoms with E-state index in [-0.39, 0.29) is 6.03 Å². The smallest absolute Gasteiger partial charge is 0.324 e. The highest BCUT2D eigenvalue weighted by Crippen LogP contribution is 2.18. The Bertz CT molecular complexity index is 368. The fourth-order valence-electron chi connectivity index (χ4n) is 1.93. The number of hydrogen-bond acceptors (Lipinski definition) is 2. The molecule has 1 fully saturated rings. The van der Waals surface area contributed by atoms with Gasteiger partial charge in [-0.3, -0.25) is 4.90 Å². The van der Waals surface area contributed by atoms with Crippen LogP contribution in [0.3, 0.4) is 0 Å². The zero-order valence-corrected chi connectivity index (χ0v) is 9.52. The van der Waals surface area contributed by atoms with Gasteiger partial charge in [0, 0.05) is 31.5 Å². The lowest BCUT2D eigenvalue weighted by Gasteiger charge is -2.24. The van der Waals surface area contributed by atoms with Crippen molar-refractivity contribution in [1.82, 2.24) is 4.90 Å². The van der Waals surface area contributed by atoms with E-state index >= 15 is 0 Å². The summed E-state index contributed by atoms with van der Waals surface area (Å²) in [6.07, 6.45) is 2.22. The van der Waals surface area contributed by atoms with Crippen LogP contribution in [0.25, 0.3) is 0 Å². The van der Waals surface area contributed by atoms with E-state index in [0.717, 1.165) is 31.6 Å². The maximum absolute atomic E-state index is 12.1. The number of amides is 2. The molecule has 1 aromatic carbocycles. The molecule has 0 saturated carbocycles. The van der Waals surface area contributed by atoms with Gasteiger partial charge in [-0.05, 0) is 37.1 Å². The highest BCUT2D eigenvalue weighted by atomic mass is 16.2. The number of carbonyl (C=O) groups excluding carboxylic acids is 1. The topological polar surface area (TPSA) is 49.6 Å². The number of likely N-dealkylation sites (tertiary alicyclic amines) is 1. The largest absolute Gasteiger partial charge is 0.399 e. The van der Waals surface area contributed by atoms with Crippen LogP contribution < -0.4 is 10.6 Å². The van der Waals surface area contributed by atoms with Crippen molar-refractivity contribution < 1.29 is 4.79 Å². The molecule has 0 radical (unpaired) electrons. The second-order valence-corrected chi connectivity index (χ2v) is 4.13. The van der Waals surface area contributed by atoms with E-state index in [2.05, 4.69) is 0 Å². The molecule has 0 atom stereocenters. The van der Waals surface area contributed by atoms with Crippen molar-refractivity contribution in [2.45, 2.75) is 12.8 Å². The van der Waals surface area contributed by atoms with Crippen LogP contribution in [0.15, 0.2) is 24.3 Å². The molecule has 86 valence electrons. The summed E-state index contributed by atoms with van der Waals surface area (Å²) in [6.45, 7) is 1.75. The summed E-state index contributed by atoms with van der Waals surface area (Å²) in [5.74, 6) is 0. The molecule has 16 heavy (non-hydrogen) atoms. The number of benzene rings is 1. The van der Waals surface area contributed by atoms with Crippen LogP contribution in [0.1, 0.15) is 12.8 Å². The molecule has 2 amide bonds. The first-order valence-corrected chi connectivity index (χ1v) is 5.56. The molecule has 1 aromatic rings. The van der Waals surface area contributed by atoms with E-state index in [4.69, 9.17) is 5.73 Å². The van der Waals surface area contributed by atoms with E-state index in [1.807, 2.05) is 29.2 Å². The summed E-state index contributed by atoms with van der Waals surface area (Å²) >= 11 is 0. The van der Waals surface area contributed by atoms with Crippen molar-refractivity contribution in [3.05, 3.63) is 24.3 Å². The highest BCUT2D eigenvalue weighted by Gasteiger charge is 2.21. The molecule has 0 aromatic heterocycles. The first-order valence-electron chi connectivity index (χ1n) is 5.56. The minimum Gasteiger partial charge on any atom is -0.399 e. The number of hydrogen-bond donors (Lipinski definition) is 1. The molecule has 0 aliphatic carbocycles. The predicted molar refractivity (Wildman–Crippen MR) is 65.5 cm³/mol. The third-order valence-electron chi connectivity index (χ3n) is 2.94. The molecule has 2 rings (SSSR count). The summed E-state index contributed by atoms with van der Waals surface area (Å²) in [5, 5.41) is 0. The number of anilines is 2. The van der Waals surface area contributed by atoms with E-state index < -0.39 is 0 Å². The third-order valence-corrected chi connectivity index (χ3v) is 2.94. The number of carbonyl (C=O) groups is 1. The highest BCUT2D eigenvalue weighted by molar-refractivity contribution is 5.91. The standard InChI is InChI=1S/C12H17N3O/c1-14(11-6-4-10(13)5-7-11)12(16)15-8-2-3-9-15/h4-7H,2-3,8-9,13H2,1H3. The Morgan fingerprint density at radius 2 is 1.81 bits per heavy atom. The number of nitrogens with two attached hydrogens (primary N) is 1. The molecular weight excluding hydrogens is 202 g/mol. The average molecular weight is 219 g/mol. The average Bonchev–Trinajstić information content (AvgIpc) is 2.81. The Morgan fingerprint density at radius 3 is 2.38 bits per heavy atom. The number of nitrogen functional groups attached to an aromatic ring is 1. The molecule has 0 bridgehead atoms. The van der Waals surface area contributed by atoms with Gasteiger partial charge in [0.1, 0.15) is 0 Å². The van der Waals surface area contributed by atoms with Gasteiger partial charge in [0.25, 0.3) is 0 Å². The lowest BCUT2D eigenvalue weighted by molar-refractivity contribution is 0.217. The van der Waals surface area contributed by atoms with Gasteiger partial charge in [0.05, 0.1) is 0 Å². The maximum Gasteiger partial charge on any atom is 0.324 e. The van der Waals surface area contributed by atoms with E-state index in [9.17, 15) is 4.79 Å². The minimum absolute atomic E-state index is 0.0715. The van der Waals surface area contributed by atoms with Gasteiger partial charge in [-0.2, -0.15) is 0 Å². The van der Waals surface area contributed by atoms with Crippen LogP contribution in [0, 0.1) is 0 Å². The van der Waals surface area contributed by atoms with Crippen LogP contribution in [-0.2, 0) is 0 Å². The first kappa shape index (κ1) is 10.8. The fourth-order valence-corrected chi connectivity index (χ4v) is 1.93. The van der Waals surface area contributed by atoms with E-state index in [0.29, 0.717) is 5.69 Å². The third kappa shape index (κ3) is 2.10. The predicted octanol–water partition coefficient (Wildman–Crippen LogP) is 1.92. The van der Waals surface area contributed by atoms with Crippen LogP contribution >= 0.6 is 0 Å². The Kier molecular flexibility index (Phi) is 2.99. The molecule has 1 heterocycles. The molecule has 4 nitrogen and oxygen atoms in total. The van der Waals surface area contributed by atoms with Crippen LogP contribution in [0.4, 0.5) is 16.2 Å². The summed E-state index contributed by atoms with van der Waals surface area (Å²) in [4.78, 5) is 15.6. The van der Waals surface area contributed by atoms with Crippen molar-refractivity contribution >= 4 is 17.4 Å². The van der Waals surface area contributed by atoms with Crippen LogP contribution in [0.2, 0.25) is 0 Å². The molecule has 2 N–H and O–H groups in total. The van der Waals surface area contributed by atoms with E-state index in [1.54, 1.807) is 11.9 Å². The first-order chi connectivity index (χ1) is 7.68. The number of rotatable bonds is 1. The van der Waals surface area contributed by atoms with Crippen molar-refractivity contribution in [1.29, 1.82) is 0 Å². The molecule has 4 heteroatoms. The van der Waals surface area contributed by atoms with Gasteiger partial charge < -0.3 is 10.6 Å². The van der Waals surface area contributed by atoms with Gasteiger partial charge in [0.2, 0.25) is 0 Å². The van der Waals surface area contributed by atoms with Gasteiger partial charge in [-0.15, -0.1) is 0 Å². The monoisotopic (exact) mass is 219 g/mol. The Hall–Kier alpha value is -1.71. The molecule has 0 unspecified atom stereocenters. The Morgan fingerprint density at radius 1 is 1.25 bits per heavy atom. The Balaban J connectivity index is 2.08. The minimum atomic E-state index is 0.0715. The van der Waals surface area contributed by atoms with Crippen molar-refractivity contribution in [3.8, 4) is 0 Å². The molecule has 1 aliphatic heterocycles. The van der Waals surface area contributed by atoms with Gasteiger partial charge in [-0.1, -0.05) is 0 Å². The second-order valence-electron chi connectivity index (χ2n) is 4.13. The van der Waals surface area contributed by atoms with Crippen molar-refractivity contribution in [2.24, 2.45) is 0 Å². The molecule has 0 spiro atoms. The zero-order valence-electron chi connectivity index (χ0n) is 9.52. The molecule has 1 aliphatic rings. The fraction of sp³-hybridized carbons (Fsp3) is 0.417. The van der Waals surface area contributed by atoms with Gasteiger partial charge >= 0.3 is 6.03 Å². The Labute approximate surface area is 95.6 Å².